The van der Waals surface area contributed by atoms with E-state index < -0.39 is 5.97 Å². The van der Waals surface area contributed by atoms with E-state index in [2.05, 4.69) is 11.9 Å². The molecule has 0 radical (unpaired) electrons. The Labute approximate surface area is 174 Å². The lowest BCUT2D eigenvalue weighted by Gasteiger charge is -2.08. The molecule has 2 heterocycles. The van der Waals surface area contributed by atoms with Crippen molar-refractivity contribution in [2.24, 2.45) is 0 Å². The average molecular weight is 404 g/mol. The van der Waals surface area contributed by atoms with Gasteiger partial charge in [0, 0.05) is 18.5 Å². The van der Waals surface area contributed by atoms with Crippen molar-refractivity contribution in [2.45, 2.75) is 45.6 Å². The number of unbranched alkanes of at least 4 members (excludes halogenated alkanes) is 1. The maximum Gasteiger partial charge on any atom is 0.338 e. The number of esters is 1. The van der Waals surface area contributed by atoms with Crippen LogP contribution in [0.25, 0.3) is 10.9 Å². The van der Waals surface area contributed by atoms with Gasteiger partial charge in [-0.25, -0.2) is 9.78 Å². The maximum atomic E-state index is 12.5. The van der Waals surface area contributed by atoms with Gasteiger partial charge in [-0.1, -0.05) is 37.6 Å². The van der Waals surface area contributed by atoms with Gasteiger partial charge in [-0.3, -0.25) is 14.2 Å². The monoisotopic (exact) mass is 404 g/mol. The van der Waals surface area contributed by atoms with Gasteiger partial charge in [0.25, 0.3) is 5.56 Å². The van der Waals surface area contributed by atoms with Crippen LogP contribution < -0.4 is 5.56 Å². The van der Waals surface area contributed by atoms with Crippen LogP contribution in [0.1, 0.15) is 58.3 Å². The third kappa shape index (κ3) is 4.03. The molecular formula is C24H24N2O4. The molecule has 0 aliphatic carbocycles. The molecule has 30 heavy (non-hydrogen) atoms. The number of ether oxygens (including phenoxy) is 1. The minimum Gasteiger partial charge on any atom is -0.454 e. The highest BCUT2D eigenvalue weighted by molar-refractivity contribution is 6.00. The van der Waals surface area contributed by atoms with E-state index in [0.717, 1.165) is 37.9 Å². The molecule has 6 nitrogen and oxygen atoms in total. The SMILES string of the molecule is CCCCc1ccc(C(=O)COC(=O)c2ccc3c(=O)n4c(nc3c2)CCC4)cc1. The quantitative estimate of drug-likeness (QED) is 0.443. The molecule has 6 heteroatoms. The zero-order valence-electron chi connectivity index (χ0n) is 17.0. The van der Waals surface area contributed by atoms with Crippen LogP contribution in [0.2, 0.25) is 0 Å². The average Bonchev–Trinajstić information content (AvgIpc) is 3.24. The first-order valence-corrected chi connectivity index (χ1v) is 10.4. The molecule has 0 N–H and O–H groups in total. The second kappa shape index (κ2) is 8.61. The Bertz CT molecular complexity index is 1160. The fraction of sp³-hybridized carbons (Fsp3) is 0.333. The lowest BCUT2D eigenvalue weighted by atomic mass is 10.0. The first-order chi connectivity index (χ1) is 14.6. The molecule has 0 saturated heterocycles. The zero-order valence-corrected chi connectivity index (χ0v) is 17.0. The number of aryl methyl sites for hydroxylation is 2. The first-order valence-electron chi connectivity index (χ1n) is 10.4. The number of fused-ring (bicyclic) bond motifs is 2. The summed E-state index contributed by atoms with van der Waals surface area (Å²) in [4.78, 5) is 41.8. The van der Waals surface area contributed by atoms with Gasteiger partial charge >= 0.3 is 5.97 Å². The first kappa shape index (κ1) is 20.0. The van der Waals surface area contributed by atoms with Crippen LogP contribution in [-0.2, 0) is 24.1 Å². The molecule has 4 rings (SSSR count). The molecule has 1 aliphatic rings. The van der Waals surface area contributed by atoms with Crippen molar-refractivity contribution in [3.05, 3.63) is 75.3 Å². The predicted octanol–water partition coefficient (Wildman–Crippen LogP) is 3.73. The van der Waals surface area contributed by atoms with Gasteiger partial charge in [-0.15, -0.1) is 0 Å². The number of hydrogen-bond donors (Lipinski definition) is 0. The van der Waals surface area contributed by atoms with Crippen LogP contribution in [0.5, 0.6) is 0 Å². The minimum absolute atomic E-state index is 0.0787. The van der Waals surface area contributed by atoms with Crippen LogP contribution in [0.4, 0.5) is 0 Å². The molecule has 0 spiro atoms. The Morgan fingerprint density at radius 2 is 1.87 bits per heavy atom. The highest BCUT2D eigenvalue weighted by Gasteiger charge is 2.18. The highest BCUT2D eigenvalue weighted by Crippen LogP contribution is 2.17. The van der Waals surface area contributed by atoms with Crippen molar-refractivity contribution in [3.63, 3.8) is 0 Å². The van der Waals surface area contributed by atoms with Crippen molar-refractivity contribution in [1.29, 1.82) is 0 Å². The standard InChI is InChI=1S/C24H24N2O4/c1-2-3-5-16-7-9-17(10-8-16)21(27)15-30-24(29)18-11-12-19-20(14-18)25-22-6-4-13-26(22)23(19)28/h7-12,14H,2-6,13,15H2,1H3. The van der Waals surface area contributed by atoms with E-state index in [-0.39, 0.29) is 23.5 Å². The molecule has 0 bridgehead atoms. The van der Waals surface area contributed by atoms with E-state index >= 15 is 0 Å². The van der Waals surface area contributed by atoms with Crippen LogP contribution >= 0.6 is 0 Å². The molecule has 3 aromatic rings. The number of hydrogen-bond acceptors (Lipinski definition) is 5. The van der Waals surface area contributed by atoms with Gasteiger partial charge in [0.05, 0.1) is 16.5 Å². The van der Waals surface area contributed by atoms with Crippen molar-refractivity contribution in [1.82, 2.24) is 9.55 Å². The van der Waals surface area contributed by atoms with Crippen molar-refractivity contribution in [2.75, 3.05) is 6.61 Å². The molecule has 0 unspecified atom stereocenters. The van der Waals surface area contributed by atoms with Gasteiger partial charge in [0.1, 0.15) is 5.82 Å². The van der Waals surface area contributed by atoms with Crippen LogP contribution in [0.3, 0.4) is 0 Å². The van der Waals surface area contributed by atoms with E-state index in [1.54, 1.807) is 34.9 Å². The molecule has 0 atom stereocenters. The summed E-state index contributed by atoms with van der Waals surface area (Å²) < 4.78 is 6.90. The van der Waals surface area contributed by atoms with E-state index in [0.29, 0.717) is 23.0 Å². The largest absolute Gasteiger partial charge is 0.454 e. The van der Waals surface area contributed by atoms with Gasteiger partial charge in [0.2, 0.25) is 0 Å². The molecule has 0 amide bonds. The lowest BCUT2D eigenvalue weighted by Crippen LogP contribution is -2.21. The van der Waals surface area contributed by atoms with Gasteiger partial charge in [0.15, 0.2) is 12.4 Å². The number of carbonyl (C=O) groups is 2. The summed E-state index contributed by atoms with van der Waals surface area (Å²) >= 11 is 0. The third-order valence-corrected chi connectivity index (χ3v) is 5.48. The van der Waals surface area contributed by atoms with Crippen molar-refractivity contribution < 1.29 is 14.3 Å². The van der Waals surface area contributed by atoms with Gasteiger partial charge in [-0.05, 0) is 43.0 Å². The van der Waals surface area contributed by atoms with E-state index in [9.17, 15) is 14.4 Å². The van der Waals surface area contributed by atoms with E-state index in [1.807, 2.05) is 12.1 Å². The fourth-order valence-electron chi connectivity index (χ4n) is 3.75. The topological polar surface area (TPSA) is 78.3 Å². The number of carbonyl (C=O) groups excluding carboxylic acids is 2. The number of ketones is 1. The zero-order chi connectivity index (χ0) is 21.1. The number of benzene rings is 2. The second-order valence-electron chi connectivity index (χ2n) is 7.62. The number of Topliss-reactive ketones (excluding diaryl/α,β-unsaturated/α-hetero) is 1. The molecule has 0 saturated carbocycles. The summed E-state index contributed by atoms with van der Waals surface area (Å²) in [5.41, 5.74) is 2.39. The molecule has 1 aromatic heterocycles. The van der Waals surface area contributed by atoms with Crippen molar-refractivity contribution in [3.8, 4) is 0 Å². The minimum atomic E-state index is -0.604. The van der Waals surface area contributed by atoms with Gasteiger partial charge < -0.3 is 4.74 Å². The van der Waals surface area contributed by atoms with Crippen LogP contribution in [-0.4, -0.2) is 27.9 Å². The number of nitrogens with zero attached hydrogens (tertiary/aromatic N) is 2. The molecule has 154 valence electrons. The van der Waals surface area contributed by atoms with Crippen LogP contribution in [0.15, 0.2) is 47.3 Å². The maximum absolute atomic E-state index is 12.5. The molecule has 0 fully saturated rings. The Morgan fingerprint density at radius 3 is 2.63 bits per heavy atom. The fourth-order valence-corrected chi connectivity index (χ4v) is 3.75. The van der Waals surface area contributed by atoms with E-state index in [4.69, 9.17) is 4.74 Å². The summed E-state index contributed by atoms with van der Waals surface area (Å²) in [6, 6.07) is 12.1. The lowest BCUT2D eigenvalue weighted by molar-refractivity contribution is 0.0475. The molecule has 2 aromatic carbocycles. The van der Waals surface area contributed by atoms with Crippen LogP contribution in [0, 0.1) is 0 Å². The third-order valence-electron chi connectivity index (χ3n) is 5.48. The molecule has 1 aliphatic heterocycles. The number of rotatable bonds is 7. The Morgan fingerprint density at radius 1 is 1.10 bits per heavy atom. The van der Waals surface area contributed by atoms with Crippen molar-refractivity contribution >= 4 is 22.7 Å². The predicted molar refractivity (Wildman–Crippen MR) is 114 cm³/mol. The normalized spacial score (nSPS) is 12.7. The van der Waals surface area contributed by atoms with E-state index in [1.165, 1.54) is 5.56 Å². The summed E-state index contributed by atoms with van der Waals surface area (Å²) in [6.45, 7) is 2.50. The second-order valence-corrected chi connectivity index (χ2v) is 7.62. The highest BCUT2D eigenvalue weighted by atomic mass is 16.5. The summed E-state index contributed by atoms with van der Waals surface area (Å²) in [5.74, 6) is -0.108. The van der Waals surface area contributed by atoms with Gasteiger partial charge in [-0.2, -0.15) is 0 Å². The Kier molecular flexibility index (Phi) is 5.74. The Balaban J connectivity index is 1.43. The Hall–Kier alpha value is -3.28. The summed E-state index contributed by atoms with van der Waals surface area (Å²) in [5, 5.41) is 0.483. The smallest absolute Gasteiger partial charge is 0.338 e. The molecular weight excluding hydrogens is 380 g/mol. The summed E-state index contributed by atoms with van der Waals surface area (Å²) in [6.07, 6.45) is 4.88. The number of aromatic nitrogens is 2. The summed E-state index contributed by atoms with van der Waals surface area (Å²) in [7, 11) is 0.